The summed E-state index contributed by atoms with van der Waals surface area (Å²) in [5.41, 5.74) is 1.52. The van der Waals surface area contributed by atoms with E-state index in [1.165, 1.54) is 55.4 Å². The molecule has 0 bridgehead atoms. The summed E-state index contributed by atoms with van der Waals surface area (Å²) in [6.45, 7) is 0. The molecule has 18 heavy (non-hydrogen) atoms. The number of fused-ring (bicyclic) bond motifs is 1. The second-order valence-electron chi connectivity index (χ2n) is 6.24. The van der Waals surface area contributed by atoms with Gasteiger partial charge in [0, 0.05) is 17.0 Å². The molecule has 0 amide bonds. The molecule has 2 fully saturated rings. The first-order valence-corrected chi connectivity index (χ1v) is 8.55. The molecule has 3 aliphatic rings. The maximum atomic E-state index is 6.19. The van der Waals surface area contributed by atoms with Crippen molar-refractivity contribution in [1.29, 1.82) is 0 Å². The fourth-order valence-corrected chi connectivity index (χ4v) is 4.88. The van der Waals surface area contributed by atoms with E-state index in [9.17, 15) is 0 Å². The van der Waals surface area contributed by atoms with Crippen LogP contribution >= 0.6 is 22.9 Å². The molecule has 1 unspecified atom stereocenters. The van der Waals surface area contributed by atoms with Gasteiger partial charge in [0.15, 0.2) is 0 Å². The summed E-state index contributed by atoms with van der Waals surface area (Å²) in [7, 11) is 0. The van der Waals surface area contributed by atoms with E-state index in [1.807, 2.05) is 0 Å². The van der Waals surface area contributed by atoms with Crippen molar-refractivity contribution in [2.75, 3.05) is 0 Å². The van der Waals surface area contributed by atoms with E-state index in [4.69, 9.17) is 11.6 Å². The van der Waals surface area contributed by atoms with Crippen LogP contribution in [0.15, 0.2) is 6.07 Å². The van der Waals surface area contributed by atoms with Crippen LogP contribution in [-0.2, 0) is 6.42 Å². The highest BCUT2D eigenvalue weighted by Gasteiger charge is 2.42. The van der Waals surface area contributed by atoms with Gasteiger partial charge in [0.25, 0.3) is 0 Å². The summed E-state index contributed by atoms with van der Waals surface area (Å²) in [4.78, 5) is 1.54. The minimum atomic E-state index is 0.587. The first kappa shape index (κ1) is 11.7. The van der Waals surface area contributed by atoms with Crippen LogP contribution in [-0.4, -0.2) is 6.04 Å². The molecule has 1 N–H and O–H groups in total. The predicted molar refractivity (Wildman–Crippen MR) is 77.4 cm³/mol. The van der Waals surface area contributed by atoms with Crippen molar-refractivity contribution in [2.45, 2.75) is 57.0 Å². The Kier molecular flexibility index (Phi) is 2.94. The monoisotopic (exact) mass is 281 g/mol. The molecule has 3 heteroatoms. The van der Waals surface area contributed by atoms with E-state index >= 15 is 0 Å². The van der Waals surface area contributed by atoms with Gasteiger partial charge in [-0.1, -0.05) is 11.6 Å². The van der Waals surface area contributed by atoms with Gasteiger partial charge in [-0.15, -0.1) is 11.3 Å². The van der Waals surface area contributed by atoms with Crippen molar-refractivity contribution < 1.29 is 0 Å². The third-order valence-corrected chi connectivity index (χ3v) is 6.08. The van der Waals surface area contributed by atoms with Gasteiger partial charge in [0.2, 0.25) is 0 Å². The SMILES string of the molecule is Clc1cc2c(s1)CCCC2NC(C1CC1)C1CC1. The minimum Gasteiger partial charge on any atom is -0.307 e. The molecule has 0 aromatic carbocycles. The minimum absolute atomic E-state index is 0.587. The van der Waals surface area contributed by atoms with Crippen LogP contribution in [0.5, 0.6) is 0 Å². The first-order valence-electron chi connectivity index (χ1n) is 7.35. The lowest BCUT2D eigenvalue weighted by Crippen LogP contribution is -2.37. The molecule has 0 radical (unpaired) electrons. The van der Waals surface area contributed by atoms with Gasteiger partial charge < -0.3 is 5.32 Å². The molecular formula is C15H20ClNS. The normalized spacial score (nSPS) is 27.6. The maximum absolute atomic E-state index is 6.19. The summed E-state index contributed by atoms with van der Waals surface area (Å²) in [6, 6.07) is 3.61. The van der Waals surface area contributed by atoms with Crippen LogP contribution in [0.25, 0.3) is 0 Å². The van der Waals surface area contributed by atoms with Crippen molar-refractivity contribution in [3.8, 4) is 0 Å². The Bertz CT molecular complexity index is 435. The van der Waals surface area contributed by atoms with Crippen molar-refractivity contribution in [2.24, 2.45) is 11.8 Å². The number of hydrogen-bond donors (Lipinski definition) is 1. The van der Waals surface area contributed by atoms with Gasteiger partial charge in [-0.25, -0.2) is 0 Å². The van der Waals surface area contributed by atoms with E-state index in [-0.39, 0.29) is 0 Å². The van der Waals surface area contributed by atoms with Crippen LogP contribution in [0.4, 0.5) is 0 Å². The summed E-state index contributed by atoms with van der Waals surface area (Å²) in [5.74, 6) is 1.97. The smallest absolute Gasteiger partial charge is 0.0934 e. The lowest BCUT2D eigenvalue weighted by Gasteiger charge is -2.29. The van der Waals surface area contributed by atoms with Crippen LogP contribution in [0.1, 0.15) is 55.0 Å². The molecule has 1 aromatic rings. The van der Waals surface area contributed by atoms with Crippen LogP contribution in [0, 0.1) is 11.8 Å². The van der Waals surface area contributed by atoms with Gasteiger partial charge in [0.1, 0.15) is 0 Å². The quantitative estimate of drug-likeness (QED) is 0.853. The Hall–Kier alpha value is -0.0500. The average Bonchev–Trinajstić information content (AvgIpc) is 3.23. The van der Waals surface area contributed by atoms with Gasteiger partial charge in [-0.2, -0.15) is 0 Å². The molecule has 1 atom stereocenters. The molecule has 0 aliphatic heterocycles. The molecule has 1 heterocycles. The molecule has 2 saturated carbocycles. The van der Waals surface area contributed by atoms with Crippen molar-refractivity contribution >= 4 is 22.9 Å². The van der Waals surface area contributed by atoms with Crippen molar-refractivity contribution in [3.05, 3.63) is 20.8 Å². The van der Waals surface area contributed by atoms with Gasteiger partial charge in [-0.05, 0) is 68.4 Å². The third-order valence-electron chi connectivity index (χ3n) is 4.74. The Balaban J connectivity index is 1.54. The van der Waals surface area contributed by atoms with Crippen LogP contribution < -0.4 is 5.32 Å². The zero-order valence-corrected chi connectivity index (χ0v) is 12.2. The van der Waals surface area contributed by atoms with E-state index in [0.29, 0.717) is 6.04 Å². The molecule has 3 aliphatic carbocycles. The lowest BCUT2D eigenvalue weighted by molar-refractivity contribution is 0.342. The topological polar surface area (TPSA) is 12.0 Å². The zero-order valence-electron chi connectivity index (χ0n) is 10.6. The Morgan fingerprint density at radius 1 is 1.17 bits per heavy atom. The van der Waals surface area contributed by atoms with Crippen molar-refractivity contribution in [1.82, 2.24) is 5.32 Å². The fourth-order valence-electron chi connectivity index (χ4n) is 3.49. The number of halogens is 1. The molecule has 98 valence electrons. The molecule has 1 nitrogen and oxygen atoms in total. The summed E-state index contributed by atoms with van der Waals surface area (Å²) >= 11 is 7.99. The van der Waals surface area contributed by atoms with E-state index in [1.54, 1.807) is 11.3 Å². The van der Waals surface area contributed by atoms with Crippen LogP contribution in [0.2, 0.25) is 4.34 Å². The first-order chi connectivity index (χ1) is 8.81. The molecule has 0 saturated heterocycles. The number of rotatable bonds is 4. The third kappa shape index (κ3) is 2.23. The Morgan fingerprint density at radius 2 is 1.89 bits per heavy atom. The molecular weight excluding hydrogens is 262 g/mol. The van der Waals surface area contributed by atoms with E-state index in [0.717, 1.165) is 22.2 Å². The Morgan fingerprint density at radius 3 is 2.56 bits per heavy atom. The van der Waals surface area contributed by atoms with E-state index in [2.05, 4.69) is 11.4 Å². The summed E-state index contributed by atoms with van der Waals surface area (Å²) < 4.78 is 0.975. The highest BCUT2D eigenvalue weighted by Crippen LogP contribution is 2.46. The Labute approximate surface area is 118 Å². The number of aryl methyl sites for hydroxylation is 1. The summed E-state index contributed by atoms with van der Waals surface area (Å²) in [5, 5.41) is 4.00. The molecule has 1 aromatic heterocycles. The number of nitrogens with one attached hydrogen (secondary N) is 1. The van der Waals surface area contributed by atoms with E-state index < -0.39 is 0 Å². The number of hydrogen-bond acceptors (Lipinski definition) is 2. The highest BCUT2D eigenvalue weighted by molar-refractivity contribution is 7.16. The maximum Gasteiger partial charge on any atom is 0.0934 e. The van der Waals surface area contributed by atoms with Crippen LogP contribution in [0.3, 0.4) is 0 Å². The number of thiophene rings is 1. The second kappa shape index (κ2) is 4.50. The molecule has 4 rings (SSSR count). The van der Waals surface area contributed by atoms with Gasteiger partial charge in [0.05, 0.1) is 4.34 Å². The lowest BCUT2D eigenvalue weighted by atomic mass is 9.92. The van der Waals surface area contributed by atoms with Crippen molar-refractivity contribution in [3.63, 3.8) is 0 Å². The highest BCUT2D eigenvalue weighted by atomic mass is 35.5. The molecule has 0 spiro atoms. The fraction of sp³-hybridized carbons (Fsp3) is 0.733. The average molecular weight is 282 g/mol. The van der Waals surface area contributed by atoms with Gasteiger partial charge >= 0.3 is 0 Å². The van der Waals surface area contributed by atoms with Gasteiger partial charge in [-0.3, -0.25) is 0 Å². The zero-order chi connectivity index (χ0) is 12.1. The largest absolute Gasteiger partial charge is 0.307 e. The predicted octanol–water partition coefficient (Wildman–Crippen LogP) is 4.56. The standard InChI is InChI=1S/C15H20ClNS/c16-14-8-11-12(2-1-3-13(11)18-14)17-15(9-4-5-9)10-6-7-10/h8-10,12,15,17H,1-7H2. The summed E-state index contributed by atoms with van der Waals surface area (Å²) in [6.07, 6.45) is 9.69. The second-order valence-corrected chi connectivity index (χ2v) is 8.01.